The van der Waals surface area contributed by atoms with E-state index in [0.29, 0.717) is 0 Å². The van der Waals surface area contributed by atoms with Crippen LogP contribution in [0.3, 0.4) is 0 Å². The van der Waals surface area contributed by atoms with E-state index in [4.69, 9.17) is 0 Å². The number of hydrogen-bond acceptors (Lipinski definition) is 3. The molecule has 0 radical (unpaired) electrons. The van der Waals surface area contributed by atoms with E-state index in [0.717, 1.165) is 0 Å². The summed E-state index contributed by atoms with van der Waals surface area (Å²) < 4.78 is 30.6. The van der Waals surface area contributed by atoms with Crippen molar-refractivity contribution in [3.63, 3.8) is 0 Å². The van der Waals surface area contributed by atoms with E-state index < -0.39 is 6.61 Å². The fourth-order valence-corrected chi connectivity index (χ4v) is 0.353. The van der Waals surface area contributed by atoms with Gasteiger partial charge >= 0.3 is 12.6 Å². The van der Waals surface area contributed by atoms with Gasteiger partial charge in [-0.3, -0.25) is 0 Å². The molecule has 5 heteroatoms. The second-order valence-electron chi connectivity index (χ2n) is 1.21. The maximum Gasteiger partial charge on any atom is 0.389 e. The van der Waals surface area contributed by atoms with Gasteiger partial charge in [0.2, 0.25) is 0 Å². The van der Waals surface area contributed by atoms with Crippen molar-refractivity contribution >= 4 is 0 Å². The molecule has 0 aliphatic carbocycles. The number of hydrogen-bond donors (Lipinski definition) is 0. The van der Waals surface area contributed by atoms with Crippen LogP contribution in [0.1, 0.15) is 0 Å². The average Bonchev–Trinajstić information content (AvgIpc) is 2.15. The molecule has 9 heavy (non-hydrogen) atoms. The number of aromatic nitrogens is 1. The third kappa shape index (κ3) is 1.67. The number of nitrogens with zero attached hydrogens (tertiary/aromatic N) is 1. The summed E-state index contributed by atoms with van der Waals surface area (Å²) in [5.74, 6) is -0.273. The van der Waals surface area contributed by atoms with Gasteiger partial charge < -0.3 is 9.26 Å². The molecular formula is C4H3F2NO2. The average molecular weight is 135 g/mol. The lowest BCUT2D eigenvalue weighted by atomic mass is 10.7. The molecule has 0 bridgehead atoms. The van der Waals surface area contributed by atoms with Crippen LogP contribution in [0.4, 0.5) is 8.78 Å². The molecule has 0 N–H and O–H groups in total. The van der Waals surface area contributed by atoms with E-state index in [-0.39, 0.29) is 5.95 Å². The fourth-order valence-electron chi connectivity index (χ4n) is 0.353. The van der Waals surface area contributed by atoms with Crippen molar-refractivity contribution in [2.45, 2.75) is 6.61 Å². The van der Waals surface area contributed by atoms with Crippen molar-refractivity contribution < 1.29 is 18.0 Å². The lowest BCUT2D eigenvalue weighted by Crippen LogP contribution is -2.00. The lowest BCUT2D eigenvalue weighted by molar-refractivity contribution is -0.0666. The third-order valence-electron chi connectivity index (χ3n) is 0.619. The first-order valence-electron chi connectivity index (χ1n) is 2.14. The van der Waals surface area contributed by atoms with Gasteiger partial charge in [-0.1, -0.05) is 5.16 Å². The molecule has 0 fully saturated rings. The predicted molar refractivity (Wildman–Crippen MR) is 23.1 cm³/mol. The first kappa shape index (κ1) is 6.00. The van der Waals surface area contributed by atoms with Crippen LogP contribution in [0.5, 0.6) is 5.95 Å². The minimum atomic E-state index is -2.85. The SMILES string of the molecule is FC(F)Oc1ccno1. The highest BCUT2D eigenvalue weighted by atomic mass is 19.3. The zero-order valence-corrected chi connectivity index (χ0v) is 4.25. The van der Waals surface area contributed by atoms with Gasteiger partial charge in [0.25, 0.3) is 0 Å². The van der Waals surface area contributed by atoms with Crippen LogP contribution in [0, 0.1) is 0 Å². The molecule has 0 amide bonds. The minimum absolute atomic E-state index is 0.273. The molecule has 1 heterocycles. The first-order valence-corrected chi connectivity index (χ1v) is 2.14. The van der Waals surface area contributed by atoms with Crippen LogP contribution < -0.4 is 4.74 Å². The highest BCUT2D eigenvalue weighted by Crippen LogP contribution is 2.10. The molecule has 0 atom stereocenters. The Morgan fingerprint density at radius 2 is 2.44 bits per heavy atom. The first-order chi connectivity index (χ1) is 4.29. The summed E-state index contributed by atoms with van der Waals surface area (Å²) in [6.45, 7) is -2.85. The van der Waals surface area contributed by atoms with Crippen molar-refractivity contribution in [3.05, 3.63) is 12.3 Å². The molecule has 0 aromatic carbocycles. The summed E-state index contributed by atoms with van der Waals surface area (Å²) in [4.78, 5) is 0. The summed E-state index contributed by atoms with van der Waals surface area (Å²) in [6, 6.07) is 1.20. The molecule has 0 saturated heterocycles. The minimum Gasteiger partial charge on any atom is -0.401 e. The van der Waals surface area contributed by atoms with Crippen LogP contribution >= 0.6 is 0 Å². The zero-order chi connectivity index (χ0) is 6.69. The Hall–Kier alpha value is -1.13. The van der Waals surface area contributed by atoms with Crippen molar-refractivity contribution in [1.82, 2.24) is 5.16 Å². The second kappa shape index (κ2) is 2.43. The monoisotopic (exact) mass is 135 g/mol. The molecule has 0 aliphatic rings. The van der Waals surface area contributed by atoms with E-state index >= 15 is 0 Å². The number of ether oxygens (including phenoxy) is 1. The predicted octanol–water partition coefficient (Wildman–Crippen LogP) is 1.28. The van der Waals surface area contributed by atoms with Crippen molar-refractivity contribution in [2.24, 2.45) is 0 Å². The van der Waals surface area contributed by atoms with Crippen molar-refractivity contribution in [2.75, 3.05) is 0 Å². The topological polar surface area (TPSA) is 35.3 Å². The molecule has 0 unspecified atom stereocenters. The Labute approximate surface area is 49.2 Å². The van der Waals surface area contributed by atoms with Crippen LogP contribution in [-0.2, 0) is 0 Å². The van der Waals surface area contributed by atoms with Crippen LogP contribution in [0.2, 0.25) is 0 Å². The van der Waals surface area contributed by atoms with Crippen LogP contribution in [0.15, 0.2) is 16.8 Å². The van der Waals surface area contributed by atoms with Crippen LogP contribution in [0.25, 0.3) is 0 Å². The number of halogens is 2. The van der Waals surface area contributed by atoms with E-state index in [9.17, 15) is 8.78 Å². The maximum atomic E-state index is 11.3. The van der Waals surface area contributed by atoms with Gasteiger partial charge in [0.05, 0.1) is 6.20 Å². The van der Waals surface area contributed by atoms with Gasteiger partial charge in [-0.2, -0.15) is 8.78 Å². The molecule has 1 aromatic rings. The summed E-state index contributed by atoms with van der Waals surface area (Å²) in [6.07, 6.45) is 1.22. The van der Waals surface area contributed by atoms with E-state index in [2.05, 4.69) is 14.4 Å². The Balaban J connectivity index is 2.48. The highest BCUT2D eigenvalue weighted by Gasteiger charge is 2.05. The highest BCUT2D eigenvalue weighted by molar-refractivity contribution is 4.98. The summed E-state index contributed by atoms with van der Waals surface area (Å²) in [7, 11) is 0. The van der Waals surface area contributed by atoms with Gasteiger partial charge in [0, 0.05) is 6.07 Å². The Morgan fingerprint density at radius 1 is 1.67 bits per heavy atom. The number of rotatable bonds is 2. The smallest absolute Gasteiger partial charge is 0.389 e. The molecule has 3 nitrogen and oxygen atoms in total. The second-order valence-corrected chi connectivity index (χ2v) is 1.21. The summed E-state index contributed by atoms with van der Waals surface area (Å²) in [5, 5.41) is 3.14. The van der Waals surface area contributed by atoms with Crippen molar-refractivity contribution in [3.8, 4) is 5.95 Å². The van der Waals surface area contributed by atoms with E-state index in [1.165, 1.54) is 12.3 Å². The molecule has 1 rings (SSSR count). The Morgan fingerprint density at radius 3 is 2.89 bits per heavy atom. The molecule has 0 saturated carbocycles. The Bertz CT molecular complexity index is 163. The molecular weight excluding hydrogens is 132 g/mol. The zero-order valence-electron chi connectivity index (χ0n) is 4.25. The van der Waals surface area contributed by atoms with Gasteiger partial charge in [-0.05, 0) is 0 Å². The quantitative estimate of drug-likeness (QED) is 0.612. The molecule has 1 aromatic heterocycles. The molecule has 50 valence electrons. The third-order valence-corrected chi connectivity index (χ3v) is 0.619. The fraction of sp³-hybridized carbons (Fsp3) is 0.250. The van der Waals surface area contributed by atoms with Gasteiger partial charge in [-0.25, -0.2) is 0 Å². The standard InChI is InChI=1S/C4H3F2NO2/c5-4(6)8-3-1-2-7-9-3/h1-2,4H. The summed E-state index contributed by atoms with van der Waals surface area (Å²) in [5.41, 5.74) is 0. The van der Waals surface area contributed by atoms with Gasteiger partial charge in [0.15, 0.2) is 0 Å². The van der Waals surface area contributed by atoms with Crippen LogP contribution in [-0.4, -0.2) is 11.8 Å². The normalized spacial score (nSPS) is 10.1. The number of alkyl halides is 2. The van der Waals surface area contributed by atoms with E-state index in [1.54, 1.807) is 0 Å². The summed E-state index contributed by atoms with van der Waals surface area (Å²) >= 11 is 0. The van der Waals surface area contributed by atoms with Gasteiger partial charge in [-0.15, -0.1) is 0 Å². The van der Waals surface area contributed by atoms with Gasteiger partial charge in [0.1, 0.15) is 0 Å². The largest absolute Gasteiger partial charge is 0.401 e. The lowest BCUT2D eigenvalue weighted by Gasteiger charge is -1.94. The van der Waals surface area contributed by atoms with Crippen molar-refractivity contribution in [1.29, 1.82) is 0 Å². The van der Waals surface area contributed by atoms with E-state index in [1.807, 2.05) is 0 Å². The Kier molecular flexibility index (Phi) is 1.62. The molecule has 0 spiro atoms. The maximum absolute atomic E-state index is 11.3. The molecule has 0 aliphatic heterocycles.